The molecule has 0 spiro atoms. The second kappa shape index (κ2) is 9.12. The Hall–Kier alpha value is -2.22. The van der Waals surface area contributed by atoms with E-state index in [9.17, 15) is 22.8 Å². The van der Waals surface area contributed by atoms with Gasteiger partial charge in [0.15, 0.2) is 9.84 Å². The largest absolute Gasteiger partial charge is 0.443 e. The van der Waals surface area contributed by atoms with Gasteiger partial charge in [0.2, 0.25) is 5.91 Å². The van der Waals surface area contributed by atoms with Crippen LogP contribution in [0.4, 0.5) is 4.79 Å². The minimum atomic E-state index is -3.52. The minimum absolute atomic E-state index is 0.0340. The van der Waals surface area contributed by atoms with Gasteiger partial charge in [0, 0.05) is 6.42 Å². The van der Waals surface area contributed by atoms with Gasteiger partial charge in [-0.25, -0.2) is 18.1 Å². The average Bonchev–Trinajstić information content (AvgIpc) is 2.50. The molecule has 7 nitrogen and oxygen atoms in total. The number of amides is 2. The van der Waals surface area contributed by atoms with Gasteiger partial charge < -0.3 is 4.74 Å². The number of hydrogen-bond acceptors (Lipinski definition) is 6. The van der Waals surface area contributed by atoms with Crippen molar-refractivity contribution < 1.29 is 27.5 Å². The summed E-state index contributed by atoms with van der Waals surface area (Å²) in [5, 5.41) is 0. The lowest BCUT2D eigenvalue weighted by Crippen LogP contribution is -2.43. The molecular formula is C19H27NO6S. The smallest absolute Gasteiger partial charge is 0.417 e. The van der Waals surface area contributed by atoms with E-state index in [4.69, 9.17) is 4.74 Å². The molecule has 150 valence electrons. The van der Waals surface area contributed by atoms with Crippen molar-refractivity contribution in [3.8, 4) is 0 Å². The molecule has 2 amide bonds. The maximum atomic E-state index is 12.4. The molecular weight excluding hydrogens is 370 g/mol. The number of aryl methyl sites for hydroxylation is 1. The topological polar surface area (TPSA) is 97.8 Å². The fraction of sp³-hybridized carbons (Fsp3) is 0.526. The first kappa shape index (κ1) is 22.8. The zero-order valence-corrected chi connectivity index (χ0v) is 17.3. The van der Waals surface area contributed by atoms with E-state index in [0.717, 1.165) is 10.5 Å². The zero-order chi connectivity index (χ0) is 20.8. The molecule has 1 aromatic rings. The van der Waals surface area contributed by atoms with Crippen LogP contribution in [0.1, 0.15) is 46.1 Å². The molecule has 27 heavy (non-hydrogen) atoms. The van der Waals surface area contributed by atoms with Gasteiger partial charge in [0.1, 0.15) is 11.4 Å². The van der Waals surface area contributed by atoms with Crippen molar-refractivity contribution in [1.82, 2.24) is 4.90 Å². The molecule has 0 atom stereocenters. The quantitative estimate of drug-likeness (QED) is 0.702. The monoisotopic (exact) mass is 397 g/mol. The van der Waals surface area contributed by atoms with Crippen molar-refractivity contribution in [3.05, 3.63) is 29.8 Å². The van der Waals surface area contributed by atoms with Crippen molar-refractivity contribution in [2.24, 2.45) is 0 Å². The number of benzene rings is 1. The van der Waals surface area contributed by atoms with Gasteiger partial charge >= 0.3 is 6.09 Å². The summed E-state index contributed by atoms with van der Waals surface area (Å²) in [5.41, 5.74) is 0.127. The standard InChI is InChI=1S/C19H27NO6S/c1-14-8-10-16(11-9-14)27(24,25)12-6-7-17(22)20(13-15(2)21)18(23)26-19(3,4)5/h8-11H,6-7,12-13H2,1-5H3. The van der Waals surface area contributed by atoms with Crippen LogP contribution in [0.2, 0.25) is 0 Å². The molecule has 0 heterocycles. The molecule has 0 radical (unpaired) electrons. The number of hydrogen-bond donors (Lipinski definition) is 0. The van der Waals surface area contributed by atoms with Crippen molar-refractivity contribution >= 4 is 27.6 Å². The number of carbonyl (C=O) groups is 3. The summed E-state index contributed by atoms with van der Waals surface area (Å²) < 4.78 is 29.8. The lowest BCUT2D eigenvalue weighted by atomic mass is 10.2. The third-order valence-electron chi connectivity index (χ3n) is 3.48. The fourth-order valence-electron chi connectivity index (χ4n) is 2.21. The number of rotatable bonds is 7. The number of imide groups is 1. The number of sulfone groups is 1. The van der Waals surface area contributed by atoms with E-state index in [0.29, 0.717) is 0 Å². The Morgan fingerprint density at radius 2 is 1.63 bits per heavy atom. The van der Waals surface area contributed by atoms with Crippen LogP contribution in [0.5, 0.6) is 0 Å². The van der Waals surface area contributed by atoms with Crippen molar-refractivity contribution in [2.75, 3.05) is 12.3 Å². The van der Waals surface area contributed by atoms with E-state index in [-0.39, 0.29) is 29.3 Å². The Morgan fingerprint density at radius 1 is 1.07 bits per heavy atom. The molecule has 0 aliphatic rings. The summed E-state index contributed by atoms with van der Waals surface area (Å²) in [6, 6.07) is 6.45. The zero-order valence-electron chi connectivity index (χ0n) is 16.4. The second-order valence-corrected chi connectivity index (χ2v) is 9.51. The van der Waals surface area contributed by atoms with Crippen LogP contribution >= 0.6 is 0 Å². The Balaban J connectivity index is 2.74. The summed E-state index contributed by atoms with van der Waals surface area (Å²) in [5.74, 6) is -1.25. The first-order chi connectivity index (χ1) is 12.3. The van der Waals surface area contributed by atoms with Gasteiger partial charge in [-0.3, -0.25) is 9.59 Å². The van der Waals surface area contributed by atoms with Gasteiger partial charge in [-0.15, -0.1) is 0 Å². The van der Waals surface area contributed by atoms with E-state index in [1.807, 2.05) is 6.92 Å². The highest BCUT2D eigenvalue weighted by Gasteiger charge is 2.28. The molecule has 0 N–H and O–H groups in total. The van der Waals surface area contributed by atoms with Crippen LogP contribution in [0.3, 0.4) is 0 Å². The maximum absolute atomic E-state index is 12.4. The molecule has 1 aromatic carbocycles. The van der Waals surface area contributed by atoms with E-state index in [2.05, 4.69) is 0 Å². The third-order valence-corrected chi connectivity index (χ3v) is 5.30. The molecule has 1 rings (SSSR count). The van der Waals surface area contributed by atoms with Gasteiger partial charge in [-0.05, 0) is 53.2 Å². The first-order valence-corrected chi connectivity index (χ1v) is 10.3. The molecule has 0 saturated heterocycles. The number of ketones is 1. The Morgan fingerprint density at radius 3 is 2.11 bits per heavy atom. The molecule has 0 saturated carbocycles. The Bertz CT molecular complexity index is 790. The minimum Gasteiger partial charge on any atom is -0.443 e. The average molecular weight is 397 g/mol. The van der Waals surface area contributed by atoms with Crippen molar-refractivity contribution in [1.29, 1.82) is 0 Å². The summed E-state index contributed by atoms with van der Waals surface area (Å²) in [6.45, 7) is 7.65. The normalized spacial score (nSPS) is 11.7. The molecule has 0 fully saturated rings. The van der Waals surface area contributed by atoms with Crippen LogP contribution in [-0.2, 0) is 24.2 Å². The van der Waals surface area contributed by atoms with Crippen LogP contribution < -0.4 is 0 Å². The molecule has 8 heteroatoms. The lowest BCUT2D eigenvalue weighted by molar-refractivity contribution is -0.134. The predicted octanol–water partition coefficient (Wildman–Crippen LogP) is 2.90. The van der Waals surface area contributed by atoms with Gasteiger partial charge in [0.25, 0.3) is 0 Å². The molecule has 0 bridgehead atoms. The highest BCUT2D eigenvalue weighted by atomic mass is 32.2. The van der Waals surface area contributed by atoms with Gasteiger partial charge in [0.05, 0.1) is 17.2 Å². The Labute approximate surface area is 160 Å². The summed E-state index contributed by atoms with van der Waals surface area (Å²) in [4.78, 5) is 36.8. The van der Waals surface area contributed by atoms with E-state index >= 15 is 0 Å². The first-order valence-electron chi connectivity index (χ1n) is 8.64. The summed E-state index contributed by atoms with van der Waals surface area (Å²) >= 11 is 0. The highest BCUT2D eigenvalue weighted by molar-refractivity contribution is 7.91. The van der Waals surface area contributed by atoms with E-state index < -0.39 is 34.0 Å². The molecule has 0 unspecified atom stereocenters. The van der Waals surface area contributed by atoms with E-state index in [1.54, 1.807) is 32.9 Å². The summed E-state index contributed by atoms with van der Waals surface area (Å²) in [7, 11) is -3.52. The van der Waals surface area contributed by atoms with Crippen LogP contribution in [-0.4, -0.2) is 49.0 Å². The van der Waals surface area contributed by atoms with Gasteiger partial charge in [-0.1, -0.05) is 17.7 Å². The summed E-state index contributed by atoms with van der Waals surface area (Å²) in [6.07, 6.45) is -1.06. The Kier molecular flexibility index (Phi) is 7.71. The molecule has 0 aliphatic heterocycles. The van der Waals surface area contributed by atoms with Crippen molar-refractivity contribution in [3.63, 3.8) is 0 Å². The maximum Gasteiger partial charge on any atom is 0.417 e. The predicted molar refractivity (Wildman–Crippen MR) is 101 cm³/mol. The van der Waals surface area contributed by atoms with Crippen LogP contribution in [0, 0.1) is 6.92 Å². The fourth-order valence-corrected chi connectivity index (χ4v) is 3.52. The number of ether oxygens (including phenoxy) is 1. The number of carbonyl (C=O) groups excluding carboxylic acids is 3. The van der Waals surface area contributed by atoms with E-state index in [1.165, 1.54) is 19.1 Å². The molecule has 0 aliphatic carbocycles. The number of Topliss-reactive ketones (excluding diaryl/α,β-unsaturated/α-hetero) is 1. The lowest BCUT2D eigenvalue weighted by Gasteiger charge is -2.25. The SMILES string of the molecule is CC(=O)CN(C(=O)CCCS(=O)(=O)c1ccc(C)cc1)C(=O)OC(C)(C)C. The molecule has 0 aromatic heterocycles. The second-order valence-electron chi connectivity index (χ2n) is 7.40. The van der Waals surface area contributed by atoms with Gasteiger partial charge in [-0.2, -0.15) is 0 Å². The van der Waals surface area contributed by atoms with Crippen molar-refractivity contribution in [2.45, 2.75) is 58.0 Å². The third kappa shape index (κ3) is 7.90. The van der Waals surface area contributed by atoms with Crippen LogP contribution in [0.15, 0.2) is 29.2 Å². The van der Waals surface area contributed by atoms with Crippen LogP contribution in [0.25, 0.3) is 0 Å². The highest BCUT2D eigenvalue weighted by Crippen LogP contribution is 2.15. The number of nitrogens with zero attached hydrogens (tertiary/aromatic N) is 1.